The fraction of sp³-hybridized carbons (Fsp3) is 0.529. The molecule has 6 nitrogen and oxygen atoms in total. The van der Waals surface area contributed by atoms with Gasteiger partial charge in [-0.1, -0.05) is 13.0 Å². The van der Waals surface area contributed by atoms with Gasteiger partial charge in [0.15, 0.2) is 0 Å². The zero-order chi connectivity index (χ0) is 16.7. The molecule has 1 aromatic rings. The molecule has 0 atom stereocenters. The number of nitrogens with one attached hydrogen (secondary N) is 1. The minimum atomic E-state index is -0.171. The lowest BCUT2D eigenvalue weighted by Gasteiger charge is -2.29. The summed E-state index contributed by atoms with van der Waals surface area (Å²) in [5.74, 6) is 0.496. The van der Waals surface area contributed by atoms with Crippen molar-refractivity contribution < 1.29 is 14.3 Å². The molecule has 0 saturated carbocycles. The summed E-state index contributed by atoms with van der Waals surface area (Å²) in [6.45, 7) is 5.75. The van der Waals surface area contributed by atoms with Crippen LogP contribution in [0.25, 0.3) is 0 Å². The Bertz CT molecular complexity index is 542. The molecule has 2 rings (SSSR count). The quantitative estimate of drug-likeness (QED) is 0.849. The maximum atomic E-state index is 12.5. The highest BCUT2D eigenvalue weighted by Crippen LogP contribution is 2.15. The van der Waals surface area contributed by atoms with Gasteiger partial charge < -0.3 is 19.9 Å². The maximum absolute atomic E-state index is 12.5. The van der Waals surface area contributed by atoms with Gasteiger partial charge in [-0.15, -0.1) is 0 Å². The Morgan fingerprint density at radius 1 is 1.30 bits per heavy atom. The molecule has 6 heteroatoms. The van der Waals surface area contributed by atoms with Crippen molar-refractivity contribution in [1.82, 2.24) is 15.1 Å². The Balaban J connectivity index is 1.94. The molecular formula is C17H25N3O3. The topological polar surface area (TPSA) is 61.9 Å². The zero-order valence-corrected chi connectivity index (χ0v) is 13.9. The van der Waals surface area contributed by atoms with Crippen LogP contribution in [-0.4, -0.2) is 68.0 Å². The number of amides is 2. The van der Waals surface area contributed by atoms with Gasteiger partial charge in [0, 0.05) is 38.8 Å². The number of hydrogen-bond acceptors (Lipinski definition) is 4. The molecule has 0 spiro atoms. The van der Waals surface area contributed by atoms with E-state index in [2.05, 4.69) is 5.32 Å². The minimum absolute atomic E-state index is 0.0132. The Hall–Kier alpha value is -2.08. The molecule has 1 N–H and O–H groups in total. The van der Waals surface area contributed by atoms with Crippen molar-refractivity contribution in [2.75, 3.05) is 46.4 Å². The van der Waals surface area contributed by atoms with Crippen molar-refractivity contribution in [1.29, 1.82) is 0 Å². The van der Waals surface area contributed by atoms with Gasteiger partial charge in [-0.05, 0) is 24.6 Å². The molecule has 1 fully saturated rings. The molecule has 1 aliphatic heterocycles. The van der Waals surface area contributed by atoms with Gasteiger partial charge in [-0.25, -0.2) is 0 Å². The van der Waals surface area contributed by atoms with E-state index in [9.17, 15) is 9.59 Å². The number of rotatable bonds is 6. The van der Waals surface area contributed by atoms with E-state index in [1.807, 2.05) is 13.0 Å². The highest BCUT2D eigenvalue weighted by atomic mass is 16.5. The third kappa shape index (κ3) is 4.96. The van der Waals surface area contributed by atoms with Gasteiger partial charge in [0.1, 0.15) is 5.75 Å². The van der Waals surface area contributed by atoms with Crippen LogP contribution in [0.15, 0.2) is 24.3 Å². The van der Waals surface area contributed by atoms with E-state index < -0.39 is 0 Å². The van der Waals surface area contributed by atoms with E-state index in [4.69, 9.17) is 4.74 Å². The van der Waals surface area contributed by atoms with Gasteiger partial charge in [-0.3, -0.25) is 9.59 Å². The summed E-state index contributed by atoms with van der Waals surface area (Å²) >= 11 is 0. The van der Waals surface area contributed by atoms with Crippen LogP contribution in [0, 0.1) is 0 Å². The smallest absolute Gasteiger partial charge is 0.254 e. The molecule has 23 heavy (non-hydrogen) atoms. The van der Waals surface area contributed by atoms with Crippen molar-refractivity contribution in [2.45, 2.75) is 13.3 Å². The molecule has 0 unspecified atom stereocenters. The molecular weight excluding hydrogens is 294 g/mol. The number of carbonyl (C=O) groups excluding carboxylic acids is 2. The first-order valence-electron chi connectivity index (χ1n) is 8.08. The summed E-state index contributed by atoms with van der Waals surface area (Å²) in [6, 6.07) is 7.10. The van der Waals surface area contributed by atoms with Crippen LogP contribution in [0.4, 0.5) is 0 Å². The predicted molar refractivity (Wildman–Crippen MR) is 88.6 cm³/mol. The second kappa shape index (κ2) is 8.53. The van der Waals surface area contributed by atoms with Crippen LogP contribution in [0.5, 0.6) is 5.75 Å². The highest BCUT2D eigenvalue weighted by Gasteiger charge is 2.20. The van der Waals surface area contributed by atoms with Crippen LogP contribution in [0.2, 0.25) is 0 Å². The van der Waals surface area contributed by atoms with Crippen molar-refractivity contribution in [2.24, 2.45) is 0 Å². The fourth-order valence-electron chi connectivity index (χ4n) is 2.45. The normalized spacial score (nSPS) is 14.4. The Labute approximate surface area is 137 Å². The number of benzene rings is 1. The lowest BCUT2D eigenvalue weighted by Crippen LogP contribution is -2.49. The Kier molecular flexibility index (Phi) is 6.40. The van der Waals surface area contributed by atoms with E-state index in [1.54, 1.807) is 30.1 Å². The van der Waals surface area contributed by atoms with Crippen molar-refractivity contribution in [3.63, 3.8) is 0 Å². The largest absolute Gasteiger partial charge is 0.494 e. The Morgan fingerprint density at radius 2 is 2.04 bits per heavy atom. The van der Waals surface area contributed by atoms with Crippen molar-refractivity contribution in [3.8, 4) is 5.75 Å². The summed E-state index contributed by atoms with van der Waals surface area (Å²) in [5, 5.41) is 3.21. The predicted octanol–water partition coefficient (Wildman–Crippen LogP) is 0.979. The first kappa shape index (κ1) is 17.3. The summed E-state index contributed by atoms with van der Waals surface area (Å²) in [5.41, 5.74) is 0.536. The van der Waals surface area contributed by atoms with Crippen LogP contribution in [0.3, 0.4) is 0 Å². The molecule has 1 heterocycles. The number of hydrogen-bond donors (Lipinski definition) is 1. The van der Waals surface area contributed by atoms with Gasteiger partial charge in [0.25, 0.3) is 5.91 Å². The van der Waals surface area contributed by atoms with Crippen molar-refractivity contribution in [3.05, 3.63) is 29.8 Å². The van der Waals surface area contributed by atoms with E-state index >= 15 is 0 Å². The van der Waals surface area contributed by atoms with Gasteiger partial charge in [-0.2, -0.15) is 0 Å². The molecule has 1 saturated heterocycles. The Morgan fingerprint density at radius 3 is 2.74 bits per heavy atom. The van der Waals surface area contributed by atoms with Gasteiger partial charge in [0.2, 0.25) is 5.91 Å². The van der Waals surface area contributed by atoms with E-state index in [0.29, 0.717) is 31.0 Å². The molecule has 0 bridgehead atoms. The minimum Gasteiger partial charge on any atom is -0.494 e. The van der Waals surface area contributed by atoms with E-state index in [-0.39, 0.29) is 18.4 Å². The van der Waals surface area contributed by atoms with E-state index in [1.165, 1.54) is 4.90 Å². The van der Waals surface area contributed by atoms with E-state index in [0.717, 1.165) is 19.5 Å². The average Bonchev–Trinajstić information content (AvgIpc) is 2.60. The van der Waals surface area contributed by atoms with Crippen LogP contribution < -0.4 is 10.1 Å². The van der Waals surface area contributed by atoms with Gasteiger partial charge >= 0.3 is 0 Å². The molecule has 1 aromatic carbocycles. The summed E-state index contributed by atoms with van der Waals surface area (Å²) < 4.78 is 5.55. The summed E-state index contributed by atoms with van der Waals surface area (Å²) in [4.78, 5) is 28.0. The standard InChI is InChI=1S/C17H25N3O3/c1-3-11-23-15-6-4-5-14(12-15)17(22)19(2)13-16(21)20-9-7-18-8-10-20/h4-6,12,18H,3,7-11,13H2,1-2H3. The fourth-order valence-corrected chi connectivity index (χ4v) is 2.45. The molecule has 126 valence electrons. The third-order valence-corrected chi connectivity index (χ3v) is 3.74. The first-order valence-corrected chi connectivity index (χ1v) is 8.08. The molecule has 1 aliphatic rings. The molecule has 0 radical (unpaired) electrons. The zero-order valence-electron chi connectivity index (χ0n) is 13.9. The number of piperazine rings is 1. The molecule has 2 amide bonds. The maximum Gasteiger partial charge on any atom is 0.254 e. The lowest BCUT2D eigenvalue weighted by molar-refractivity contribution is -0.132. The second-order valence-corrected chi connectivity index (χ2v) is 5.67. The first-order chi connectivity index (χ1) is 11.1. The average molecular weight is 319 g/mol. The number of ether oxygens (including phenoxy) is 1. The van der Waals surface area contributed by atoms with Crippen LogP contribution >= 0.6 is 0 Å². The number of likely N-dealkylation sites (N-methyl/N-ethyl adjacent to an activating group) is 1. The highest BCUT2D eigenvalue weighted by molar-refractivity contribution is 5.96. The monoisotopic (exact) mass is 319 g/mol. The molecule has 0 aliphatic carbocycles. The SMILES string of the molecule is CCCOc1cccc(C(=O)N(C)CC(=O)N2CCNCC2)c1. The lowest BCUT2D eigenvalue weighted by atomic mass is 10.2. The second-order valence-electron chi connectivity index (χ2n) is 5.67. The third-order valence-electron chi connectivity index (χ3n) is 3.74. The van der Waals surface area contributed by atoms with Crippen LogP contribution in [0.1, 0.15) is 23.7 Å². The summed E-state index contributed by atoms with van der Waals surface area (Å²) in [7, 11) is 1.65. The molecule has 0 aromatic heterocycles. The van der Waals surface area contributed by atoms with Crippen LogP contribution in [-0.2, 0) is 4.79 Å². The summed E-state index contributed by atoms with van der Waals surface area (Å²) in [6.07, 6.45) is 0.914. The van der Waals surface area contributed by atoms with Crippen molar-refractivity contribution >= 4 is 11.8 Å². The number of nitrogens with zero attached hydrogens (tertiary/aromatic N) is 2. The van der Waals surface area contributed by atoms with Gasteiger partial charge in [0.05, 0.1) is 13.2 Å². The number of carbonyl (C=O) groups is 2.